The number of halogens is 1. The second kappa shape index (κ2) is 10.2. The third kappa shape index (κ3) is 5.37. The molecule has 7 nitrogen and oxygen atoms in total. The van der Waals surface area contributed by atoms with Gasteiger partial charge in [0.15, 0.2) is 18.1 Å². The molecule has 0 atom stereocenters. The number of H-pyrrole nitrogens is 1. The molecule has 3 aromatic rings. The Bertz CT molecular complexity index is 1240. The zero-order valence-electron chi connectivity index (χ0n) is 17.9. The molecule has 1 aromatic heterocycles. The van der Waals surface area contributed by atoms with Gasteiger partial charge in [0, 0.05) is 16.9 Å². The molecule has 0 saturated carbocycles. The average molecular weight is 496 g/mol. The van der Waals surface area contributed by atoms with Crippen LogP contribution in [-0.4, -0.2) is 24.1 Å². The van der Waals surface area contributed by atoms with Crippen molar-refractivity contribution in [1.82, 2.24) is 4.98 Å². The first kappa shape index (κ1) is 23.1. The van der Waals surface area contributed by atoms with Crippen LogP contribution in [-0.2, 0) is 4.79 Å². The zero-order chi connectivity index (χ0) is 23.3. The molecule has 0 fully saturated rings. The van der Waals surface area contributed by atoms with Crippen molar-refractivity contribution in [2.45, 2.75) is 20.8 Å². The molecule has 0 aliphatic heterocycles. The minimum atomic E-state index is -0.454. The van der Waals surface area contributed by atoms with E-state index in [9.17, 15) is 14.9 Å². The molecule has 8 heteroatoms. The van der Waals surface area contributed by atoms with Crippen molar-refractivity contribution >= 4 is 27.5 Å². The fourth-order valence-corrected chi connectivity index (χ4v) is 3.68. The van der Waals surface area contributed by atoms with Gasteiger partial charge >= 0.3 is 0 Å². The summed E-state index contributed by atoms with van der Waals surface area (Å²) in [6.07, 6.45) is 0. The number of nitriles is 1. The van der Waals surface area contributed by atoms with E-state index in [0.717, 1.165) is 5.56 Å². The summed E-state index contributed by atoms with van der Waals surface area (Å²) in [7, 11) is 0. The van der Waals surface area contributed by atoms with E-state index in [1.807, 2.05) is 44.2 Å². The third-order valence-corrected chi connectivity index (χ3v) is 5.17. The molecule has 1 amide bonds. The lowest BCUT2D eigenvalue weighted by Crippen LogP contribution is -2.20. The van der Waals surface area contributed by atoms with E-state index < -0.39 is 5.56 Å². The second-order valence-electron chi connectivity index (χ2n) is 7.10. The Labute approximate surface area is 194 Å². The minimum Gasteiger partial charge on any atom is -0.490 e. The summed E-state index contributed by atoms with van der Waals surface area (Å²) in [4.78, 5) is 27.1. The largest absolute Gasteiger partial charge is 0.490 e. The molecule has 1 heterocycles. The molecular weight excluding hydrogens is 474 g/mol. The van der Waals surface area contributed by atoms with Crippen molar-refractivity contribution in [3.05, 3.63) is 74.1 Å². The molecule has 0 unspecified atom stereocenters. The van der Waals surface area contributed by atoms with Crippen molar-refractivity contribution in [2.24, 2.45) is 0 Å². The van der Waals surface area contributed by atoms with E-state index in [4.69, 9.17) is 9.47 Å². The fourth-order valence-electron chi connectivity index (χ4n) is 3.13. The van der Waals surface area contributed by atoms with E-state index in [1.54, 1.807) is 25.1 Å². The predicted molar refractivity (Wildman–Crippen MR) is 126 cm³/mol. The van der Waals surface area contributed by atoms with E-state index >= 15 is 0 Å². The lowest BCUT2D eigenvalue weighted by Gasteiger charge is -2.16. The zero-order valence-corrected chi connectivity index (χ0v) is 19.5. The number of pyridine rings is 1. The first-order valence-corrected chi connectivity index (χ1v) is 10.7. The number of rotatable bonds is 7. The first-order valence-electron chi connectivity index (χ1n) is 9.92. The van der Waals surface area contributed by atoms with E-state index in [2.05, 4.69) is 26.2 Å². The van der Waals surface area contributed by atoms with Gasteiger partial charge in [-0.25, -0.2) is 0 Å². The molecule has 2 N–H and O–H groups in total. The summed E-state index contributed by atoms with van der Waals surface area (Å²) in [5.74, 6) is 0.431. The van der Waals surface area contributed by atoms with Crippen LogP contribution >= 0.6 is 15.9 Å². The predicted octanol–water partition coefficient (Wildman–Crippen LogP) is 4.71. The lowest BCUT2D eigenvalue weighted by molar-refractivity contribution is -0.118. The van der Waals surface area contributed by atoms with Crippen molar-refractivity contribution in [1.29, 1.82) is 5.26 Å². The van der Waals surface area contributed by atoms with Gasteiger partial charge < -0.3 is 19.8 Å². The van der Waals surface area contributed by atoms with Gasteiger partial charge in [-0.1, -0.05) is 17.7 Å². The quantitative estimate of drug-likeness (QED) is 0.493. The number of benzene rings is 2. The Morgan fingerprint density at radius 3 is 2.53 bits per heavy atom. The van der Waals surface area contributed by atoms with Gasteiger partial charge in [0.1, 0.15) is 11.6 Å². The summed E-state index contributed by atoms with van der Waals surface area (Å²) >= 11 is 3.47. The van der Waals surface area contributed by atoms with Gasteiger partial charge in [-0.05, 0) is 72.6 Å². The number of aromatic nitrogens is 1. The smallest absolute Gasteiger partial charge is 0.266 e. The van der Waals surface area contributed by atoms with Gasteiger partial charge in [0.05, 0.1) is 11.1 Å². The number of carbonyl (C=O) groups excluding carboxylic acids is 1. The summed E-state index contributed by atoms with van der Waals surface area (Å²) in [6, 6.07) is 14.6. The van der Waals surface area contributed by atoms with E-state index in [0.29, 0.717) is 45.1 Å². The van der Waals surface area contributed by atoms with Crippen molar-refractivity contribution in [3.63, 3.8) is 0 Å². The van der Waals surface area contributed by atoms with Gasteiger partial charge in [-0.3, -0.25) is 9.59 Å². The Morgan fingerprint density at radius 2 is 1.88 bits per heavy atom. The van der Waals surface area contributed by atoms with Gasteiger partial charge in [-0.2, -0.15) is 5.26 Å². The molecule has 2 aromatic carbocycles. The number of hydrogen-bond donors (Lipinski definition) is 2. The van der Waals surface area contributed by atoms with Crippen LogP contribution in [0.15, 0.2) is 51.7 Å². The maximum absolute atomic E-state index is 12.3. The molecule has 0 spiro atoms. The highest BCUT2D eigenvalue weighted by molar-refractivity contribution is 9.10. The van der Waals surface area contributed by atoms with Crippen LogP contribution in [0.1, 0.15) is 23.7 Å². The second-order valence-corrected chi connectivity index (χ2v) is 7.96. The average Bonchev–Trinajstić information content (AvgIpc) is 2.74. The molecule has 0 bridgehead atoms. The molecular formula is C24H22BrN3O4. The van der Waals surface area contributed by atoms with Crippen LogP contribution in [0.4, 0.5) is 5.69 Å². The molecule has 164 valence electrons. The van der Waals surface area contributed by atoms with Crippen LogP contribution < -0.4 is 20.3 Å². The van der Waals surface area contributed by atoms with Crippen molar-refractivity contribution < 1.29 is 14.3 Å². The highest BCUT2D eigenvalue weighted by Gasteiger charge is 2.18. The summed E-state index contributed by atoms with van der Waals surface area (Å²) in [6.45, 7) is 5.68. The number of nitrogens with zero attached hydrogens (tertiary/aromatic N) is 1. The van der Waals surface area contributed by atoms with Crippen molar-refractivity contribution in [2.75, 3.05) is 18.5 Å². The molecule has 32 heavy (non-hydrogen) atoms. The topological polar surface area (TPSA) is 104 Å². The standard InChI is InChI=1S/C24H22BrN3O4/c1-4-31-21-11-16(18-9-15(3)27-24(30)19(18)12-26)10-20(25)23(21)32-13-22(29)28-17-7-5-14(2)6-8-17/h5-11H,4,13H2,1-3H3,(H,27,30)(H,28,29). The SMILES string of the molecule is CCOc1cc(-c2cc(C)[nH]c(=O)c2C#N)cc(Br)c1OCC(=O)Nc1ccc(C)cc1. The maximum Gasteiger partial charge on any atom is 0.266 e. The Kier molecular flexibility index (Phi) is 7.33. The molecule has 3 rings (SSSR count). The van der Waals surface area contributed by atoms with Gasteiger partial charge in [0.25, 0.3) is 11.5 Å². The number of nitrogens with one attached hydrogen (secondary N) is 2. The third-order valence-electron chi connectivity index (χ3n) is 4.58. The van der Waals surface area contributed by atoms with Crippen LogP contribution in [0, 0.1) is 25.2 Å². The van der Waals surface area contributed by atoms with Gasteiger partial charge in [-0.15, -0.1) is 0 Å². The molecule has 0 saturated heterocycles. The summed E-state index contributed by atoms with van der Waals surface area (Å²) in [5.41, 5.74) is 3.06. The van der Waals surface area contributed by atoms with E-state index in [-0.39, 0.29) is 18.1 Å². The lowest BCUT2D eigenvalue weighted by atomic mass is 10.0. The summed E-state index contributed by atoms with van der Waals surface area (Å²) in [5, 5.41) is 12.2. The number of aromatic amines is 1. The maximum atomic E-state index is 12.3. The molecule has 0 aliphatic carbocycles. The van der Waals surface area contributed by atoms with E-state index in [1.165, 1.54) is 0 Å². The van der Waals surface area contributed by atoms with Crippen LogP contribution in [0.3, 0.4) is 0 Å². The highest BCUT2D eigenvalue weighted by atomic mass is 79.9. The number of hydrogen-bond acceptors (Lipinski definition) is 5. The molecule has 0 radical (unpaired) electrons. The number of aryl methyl sites for hydroxylation is 2. The number of carbonyl (C=O) groups is 1. The molecule has 0 aliphatic rings. The van der Waals surface area contributed by atoms with Crippen molar-refractivity contribution in [3.8, 4) is 28.7 Å². The first-order chi connectivity index (χ1) is 15.3. The Balaban J connectivity index is 1.88. The van der Waals surface area contributed by atoms with Crippen LogP contribution in [0.5, 0.6) is 11.5 Å². The summed E-state index contributed by atoms with van der Waals surface area (Å²) < 4.78 is 12.0. The Hall–Kier alpha value is -3.57. The normalized spacial score (nSPS) is 10.3. The van der Waals surface area contributed by atoms with Crippen LogP contribution in [0.25, 0.3) is 11.1 Å². The fraction of sp³-hybridized carbons (Fsp3) is 0.208. The number of anilines is 1. The number of ether oxygens (including phenoxy) is 2. The Morgan fingerprint density at radius 1 is 1.16 bits per heavy atom. The monoisotopic (exact) mass is 495 g/mol. The number of amides is 1. The van der Waals surface area contributed by atoms with Gasteiger partial charge in [0.2, 0.25) is 0 Å². The van der Waals surface area contributed by atoms with Crippen LogP contribution in [0.2, 0.25) is 0 Å². The minimum absolute atomic E-state index is 0.0103. The highest BCUT2D eigenvalue weighted by Crippen LogP contribution is 2.40.